The first kappa shape index (κ1) is 18.4. The average molecular weight is 344 g/mol. The molecule has 0 aliphatic rings. The van der Waals surface area contributed by atoms with Crippen molar-refractivity contribution in [1.82, 2.24) is 0 Å². The van der Waals surface area contributed by atoms with Crippen LogP contribution < -0.4 is 4.90 Å². The number of nitrogens with zero attached hydrogens (tertiary/aromatic N) is 2. The molecule has 0 saturated carbocycles. The monoisotopic (exact) mass is 344 g/mol. The number of aliphatic hydroxyl groups excluding tert-OH is 1. The largest absolute Gasteiger partial charge is 0.465 e. The summed E-state index contributed by atoms with van der Waals surface area (Å²) >= 11 is 0. The zero-order valence-electron chi connectivity index (χ0n) is 14.1. The summed E-state index contributed by atoms with van der Waals surface area (Å²) in [6.45, 7) is 3.36. The molecular formula is C18H20N2O5. The first-order valence-electron chi connectivity index (χ1n) is 7.84. The van der Waals surface area contributed by atoms with Crippen molar-refractivity contribution >= 4 is 17.3 Å². The van der Waals surface area contributed by atoms with Crippen LogP contribution in [-0.4, -0.2) is 29.2 Å². The molecular weight excluding hydrogens is 324 g/mol. The number of benzene rings is 2. The number of nitro groups is 1. The molecule has 2 aromatic carbocycles. The minimum atomic E-state index is -1.09. The van der Waals surface area contributed by atoms with Crippen molar-refractivity contribution in [3.05, 3.63) is 69.8 Å². The van der Waals surface area contributed by atoms with E-state index >= 15 is 0 Å². The van der Waals surface area contributed by atoms with E-state index in [-0.39, 0.29) is 18.8 Å². The third-order valence-corrected chi connectivity index (χ3v) is 3.71. The second-order valence-corrected chi connectivity index (χ2v) is 5.45. The Hall–Kier alpha value is -2.93. The van der Waals surface area contributed by atoms with E-state index in [1.54, 1.807) is 44.2 Å². The molecule has 0 spiro atoms. The predicted molar refractivity (Wildman–Crippen MR) is 93.2 cm³/mol. The molecule has 0 aliphatic carbocycles. The first-order chi connectivity index (χ1) is 11.9. The maximum atomic E-state index is 11.9. The van der Waals surface area contributed by atoms with Crippen molar-refractivity contribution in [3.63, 3.8) is 0 Å². The van der Waals surface area contributed by atoms with E-state index in [1.807, 2.05) is 6.07 Å². The first-order valence-corrected chi connectivity index (χ1v) is 7.84. The van der Waals surface area contributed by atoms with Crippen molar-refractivity contribution in [3.8, 4) is 0 Å². The van der Waals surface area contributed by atoms with Crippen LogP contribution in [0.25, 0.3) is 0 Å². The summed E-state index contributed by atoms with van der Waals surface area (Å²) in [5, 5.41) is 21.7. The molecule has 7 heteroatoms. The lowest BCUT2D eigenvalue weighted by Gasteiger charge is -2.29. The zero-order valence-corrected chi connectivity index (χ0v) is 14.1. The molecule has 0 fully saturated rings. The number of hydrogen-bond donors (Lipinski definition) is 1. The lowest BCUT2D eigenvalue weighted by molar-refractivity contribution is -0.385. The molecule has 25 heavy (non-hydrogen) atoms. The highest BCUT2D eigenvalue weighted by Crippen LogP contribution is 2.29. The number of aliphatic hydroxyl groups is 1. The fourth-order valence-corrected chi connectivity index (χ4v) is 2.49. The molecule has 0 aromatic heterocycles. The molecule has 1 atom stereocenters. The van der Waals surface area contributed by atoms with Gasteiger partial charge in [-0.3, -0.25) is 14.9 Å². The number of ether oxygens (including phenoxy) is 1. The number of nitro benzene ring substituents is 1. The van der Waals surface area contributed by atoms with Gasteiger partial charge in [0.05, 0.1) is 11.5 Å². The fraction of sp³-hybridized carbons (Fsp3) is 0.278. The summed E-state index contributed by atoms with van der Waals surface area (Å²) in [6.07, 6.45) is -1.09. The van der Waals surface area contributed by atoms with Crippen LogP contribution in [0.15, 0.2) is 48.5 Å². The van der Waals surface area contributed by atoms with Crippen molar-refractivity contribution in [2.24, 2.45) is 0 Å². The second-order valence-electron chi connectivity index (χ2n) is 5.45. The second kappa shape index (κ2) is 8.25. The molecule has 0 amide bonds. The molecule has 0 aliphatic heterocycles. The normalized spacial score (nSPS) is 11.6. The van der Waals surface area contributed by atoms with Crippen molar-refractivity contribution < 1.29 is 19.6 Å². The molecule has 2 aromatic rings. The molecule has 0 saturated heterocycles. The Bertz CT molecular complexity index is 748. The van der Waals surface area contributed by atoms with E-state index in [0.717, 1.165) is 0 Å². The van der Waals surface area contributed by atoms with Gasteiger partial charge in [0.25, 0.3) is 5.69 Å². The van der Waals surface area contributed by atoms with Crippen LogP contribution in [0.2, 0.25) is 0 Å². The molecule has 1 unspecified atom stereocenters. The van der Waals surface area contributed by atoms with Gasteiger partial charge in [0, 0.05) is 22.9 Å². The van der Waals surface area contributed by atoms with Crippen molar-refractivity contribution in [2.45, 2.75) is 20.1 Å². The standard InChI is InChI=1S/C18H20N2O5/c1-3-25-17(21)12-19(18(22)14-7-5-4-6-8-14)15-9-10-16(20(23)24)13(2)11-15/h4-11,18,22H,3,12H2,1-2H3. The van der Waals surface area contributed by atoms with E-state index in [4.69, 9.17) is 4.74 Å². The molecule has 132 valence electrons. The van der Waals surface area contributed by atoms with Gasteiger partial charge in [-0.15, -0.1) is 0 Å². The Kier molecular flexibility index (Phi) is 6.08. The number of anilines is 1. The highest BCUT2D eigenvalue weighted by molar-refractivity contribution is 5.76. The number of rotatable bonds is 7. The summed E-state index contributed by atoms with van der Waals surface area (Å²) in [4.78, 5) is 23.9. The Morgan fingerprint density at radius 1 is 1.28 bits per heavy atom. The van der Waals surface area contributed by atoms with E-state index in [2.05, 4.69) is 0 Å². The van der Waals surface area contributed by atoms with Crippen LogP contribution in [0.3, 0.4) is 0 Å². The number of aryl methyl sites for hydroxylation is 1. The van der Waals surface area contributed by atoms with Gasteiger partial charge >= 0.3 is 5.97 Å². The average Bonchev–Trinajstić information content (AvgIpc) is 2.59. The smallest absolute Gasteiger partial charge is 0.325 e. The Balaban J connectivity index is 2.39. The van der Waals surface area contributed by atoms with Gasteiger partial charge in [-0.2, -0.15) is 0 Å². The van der Waals surface area contributed by atoms with E-state index in [9.17, 15) is 20.0 Å². The van der Waals surface area contributed by atoms with Crippen LogP contribution in [0.5, 0.6) is 0 Å². The Morgan fingerprint density at radius 2 is 1.96 bits per heavy atom. The van der Waals surface area contributed by atoms with Crippen LogP contribution >= 0.6 is 0 Å². The summed E-state index contributed by atoms with van der Waals surface area (Å²) in [5.41, 5.74) is 1.51. The third-order valence-electron chi connectivity index (χ3n) is 3.71. The van der Waals surface area contributed by atoms with E-state index < -0.39 is 17.1 Å². The quantitative estimate of drug-likeness (QED) is 0.359. The van der Waals surface area contributed by atoms with Crippen LogP contribution in [0.1, 0.15) is 24.3 Å². The maximum Gasteiger partial charge on any atom is 0.325 e. The summed E-state index contributed by atoms with van der Waals surface area (Å²) in [6, 6.07) is 13.3. The van der Waals surface area contributed by atoms with E-state index in [1.165, 1.54) is 17.0 Å². The summed E-state index contributed by atoms with van der Waals surface area (Å²) < 4.78 is 4.97. The van der Waals surface area contributed by atoms with Crippen LogP contribution in [0, 0.1) is 17.0 Å². The lowest BCUT2D eigenvalue weighted by Crippen LogP contribution is -2.34. The third kappa shape index (κ3) is 4.54. The van der Waals surface area contributed by atoms with E-state index in [0.29, 0.717) is 16.8 Å². The van der Waals surface area contributed by atoms with Crippen LogP contribution in [-0.2, 0) is 9.53 Å². The minimum Gasteiger partial charge on any atom is -0.465 e. The highest BCUT2D eigenvalue weighted by atomic mass is 16.6. The highest BCUT2D eigenvalue weighted by Gasteiger charge is 2.23. The SMILES string of the molecule is CCOC(=O)CN(c1ccc([N+](=O)[O-])c(C)c1)C(O)c1ccccc1. The molecule has 2 rings (SSSR count). The minimum absolute atomic E-state index is 0.0194. The molecule has 0 bridgehead atoms. The molecule has 0 radical (unpaired) electrons. The van der Waals surface area contributed by atoms with Crippen LogP contribution in [0.4, 0.5) is 11.4 Å². The zero-order chi connectivity index (χ0) is 18.4. The molecule has 0 heterocycles. The summed E-state index contributed by atoms with van der Waals surface area (Å²) in [5.74, 6) is -0.492. The Labute approximate surface area is 145 Å². The van der Waals surface area contributed by atoms with Crippen molar-refractivity contribution in [1.29, 1.82) is 0 Å². The molecule has 1 N–H and O–H groups in total. The topological polar surface area (TPSA) is 92.9 Å². The number of carbonyl (C=O) groups excluding carboxylic acids is 1. The van der Waals surface area contributed by atoms with Crippen molar-refractivity contribution in [2.75, 3.05) is 18.1 Å². The predicted octanol–water partition coefficient (Wildman–Crippen LogP) is 2.96. The van der Waals surface area contributed by atoms with Gasteiger partial charge in [-0.1, -0.05) is 30.3 Å². The number of carbonyl (C=O) groups is 1. The maximum absolute atomic E-state index is 11.9. The van der Waals surface area contributed by atoms with Gasteiger partial charge in [0.2, 0.25) is 0 Å². The Morgan fingerprint density at radius 3 is 2.52 bits per heavy atom. The number of esters is 1. The van der Waals surface area contributed by atoms with Gasteiger partial charge in [-0.05, 0) is 26.0 Å². The van der Waals surface area contributed by atoms with Gasteiger partial charge in [0.1, 0.15) is 6.54 Å². The van der Waals surface area contributed by atoms with Gasteiger partial charge < -0.3 is 14.7 Å². The van der Waals surface area contributed by atoms with Gasteiger partial charge in [0.15, 0.2) is 6.23 Å². The fourth-order valence-electron chi connectivity index (χ4n) is 2.49. The number of hydrogen-bond acceptors (Lipinski definition) is 6. The molecule has 7 nitrogen and oxygen atoms in total. The van der Waals surface area contributed by atoms with Gasteiger partial charge in [-0.25, -0.2) is 0 Å². The lowest BCUT2D eigenvalue weighted by atomic mass is 10.1. The summed E-state index contributed by atoms with van der Waals surface area (Å²) in [7, 11) is 0.